The highest BCUT2D eigenvalue weighted by atomic mass is 16.2. The molecule has 15 heavy (non-hydrogen) atoms. The van der Waals surface area contributed by atoms with Gasteiger partial charge in [-0.3, -0.25) is 4.79 Å². The van der Waals surface area contributed by atoms with E-state index >= 15 is 0 Å². The Bertz CT molecular complexity index is 408. The Morgan fingerprint density at radius 2 is 2.07 bits per heavy atom. The number of nitrogen functional groups attached to an aromatic ring is 1. The van der Waals surface area contributed by atoms with E-state index in [1.807, 2.05) is 26.0 Å². The highest BCUT2D eigenvalue weighted by Gasteiger charge is 2.30. The molecule has 2 rings (SSSR count). The maximum absolute atomic E-state index is 11.6. The van der Waals surface area contributed by atoms with E-state index in [1.54, 1.807) is 0 Å². The van der Waals surface area contributed by atoms with Crippen LogP contribution in [0.4, 0.5) is 11.4 Å². The van der Waals surface area contributed by atoms with Crippen LogP contribution < -0.4 is 11.1 Å². The summed E-state index contributed by atoms with van der Waals surface area (Å²) >= 11 is 0. The zero-order valence-electron chi connectivity index (χ0n) is 9.13. The Morgan fingerprint density at radius 3 is 2.67 bits per heavy atom. The van der Waals surface area contributed by atoms with E-state index in [2.05, 4.69) is 5.32 Å². The van der Waals surface area contributed by atoms with E-state index < -0.39 is 0 Å². The van der Waals surface area contributed by atoms with E-state index in [4.69, 9.17) is 5.73 Å². The van der Waals surface area contributed by atoms with Gasteiger partial charge >= 0.3 is 0 Å². The Hall–Kier alpha value is -1.51. The molecule has 1 aliphatic carbocycles. The van der Waals surface area contributed by atoms with E-state index in [0.717, 1.165) is 29.7 Å². The number of aryl methyl sites for hydroxylation is 1. The second-order valence-corrected chi connectivity index (χ2v) is 4.24. The first kappa shape index (κ1) is 10.0. The molecule has 1 aromatic rings. The van der Waals surface area contributed by atoms with Crippen LogP contribution in [0.15, 0.2) is 12.1 Å². The number of amides is 1. The molecule has 0 spiro atoms. The molecule has 0 bridgehead atoms. The molecule has 0 unspecified atom stereocenters. The number of hydrogen-bond acceptors (Lipinski definition) is 2. The normalized spacial score (nSPS) is 15.1. The molecule has 1 amide bonds. The molecular formula is C12H16N2O. The third-order valence-corrected chi connectivity index (χ3v) is 2.96. The first-order valence-corrected chi connectivity index (χ1v) is 5.26. The highest BCUT2D eigenvalue weighted by molar-refractivity contribution is 5.97. The van der Waals surface area contributed by atoms with Crippen molar-refractivity contribution in [3.63, 3.8) is 0 Å². The van der Waals surface area contributed by atoms with Crippen molar-refractivity contribution >= 4 is 17.3 Å². The Kier molecular flexibility index (Phi) is 2.39. The van der Waals surface area contributed by atoms with Crippen LogP contribution >= 0.6 is 0 Å². The number of nitrogens with two attached hydrogens (primary N) is 1. The first-order valence-electron chi connectivity index (χ1n) is 5.26. The van der Waals surface area contributed by atoms with Crippen molar-refractivity contribution in [2.75, 3.05) is 11.1 Å². The lowest BCUT2D eigenvalue weighted by Gasteiger charge is -2.12. The van der Waals surface area contributed by atoms with Gasteiger partial charge in [-0.05, 0) is 43.9 Å². The van der Waals surface area contributed by atoms with Crippen molar-refractivity contribution in [1.82, 2.24) is 0 Å². The predicted octanol–water partition coefficient (Wildman–Crippen LogP) is 2.23. The average molecular weight is 204 g/mol. The zero-order valence-corrected chi connectivity index (χ0v) is 9.13. The molecule has 0 saturated heterocycles. The summed E-state index contributed by atoms with van der Waals surface area (Å²) in [6, 6.07) is 3.81. The Labute approximate surface area is 89.7 Å². The fraction of sp³-hybridized carbons (Fsp3) is 0.417. The van der Waals surface area contributed by atoms with Crippen molar-refractivity contribution in [1.29, 1.82) is 0 Å². The summed E-state index contributed by atoms with van der Waals surface area (Å²) < 4.78 is 0. The minimum atomic E-state index is 0.107. The third-order valence-electron chi connectivity index (χ3n) is 2.96. The fourth-order valence-corrected chi connectivity index (χ4v) is 1.57. The number of anilines is 2. The second kappa shape index (κ2) is 3.57. The van der Waals surface area contributed by atoms with Crippen LogP contribution in [0.25, 0.3) is 0 Å². The molecule has 0 radical (unpaired) electrons. The first-order chi connectivity index (χ1) is 7.09. The Balaban J connectivity index is 2.26. The molecule has 1 fully saturated rings. The number of carbonyl (C=O) groups is 1. The van der Waals surface area contributed by atoms with Crippen LogP contribution in [-0.2, 0) is 4.79 Å². The van der Waals surface area contributed by atoms with Gasteiger partial charge in [-0.2, -0.15) is 0 Å². The van der Waals surface area contributed by atoms with Crippen LogP contribution in [0.2, 0.25) is 0 Å². The summed E-state index contributed by atoms with van der Waals surface area (Å²) in [6.07, 6.45) is 2.02. The molecule has 3 heteroatoms. The number of hydrogen-bond donors (Lipinski definition) is 2. The van der Waals surface area contributed by atoms with E-state index in [9.17, 15) is 4.79 Å². The number of nitrogens with one attached hydrogen (secondary N) is 1. The summed E-state index contributed by atoms with van der Waals surface area (Å²) in [5, 5.41) is 2.92. The summed E-state index contributed by atoms with van der Waals surface area (Å²) in [5.41, 5.74) is 9.48. The highest BCUT2D eigenvalue weighted by Crippen LogP contribution is 2.32. The smallest absolute Gasteiger partial charge is 0.227 e. The Morgan fingerprint density at radius 1 is 1.40 bits per heavy atom. The van der Waals surface area contributed by atoms with Gasteiger partial charge in [-0.1, -0.05) is 6.07 Å². The third kappa shape index (κ3) is 1.96. The van der Waals surface area contributed by atoms with Gasteiger partial charge in [0, 0.05) is 5.92 Å². The number of carbonyl (C=O) groups excluding carboxylic acids is 1. The molecule has 0 aliphatic heterocycles. The lowest BCUT2D eigenvalue weighted by molar-refractivity contribution is -0.117. The van der Waals surface area contributed by atoms with Gasteiger partial charge in [0.05, 0.1) is 11.4 Å². The van der Waals surface area contributed by atoms with Crippen LogP contribution in [-0.4, -0.2) is 5.91 Å². The molecule has 0 atom stereocenters. The summed E-state index contributed by atoms with van der Waals surface area (Å²) in [5.74, 6) is 0.319. The van der Waals surface area contributed by atoms with Gasteiger partial charge in [0.1, 0.15) is 0 Å². The zero-order chi connectivity index (χ0) is 11.0. The summed E-state index contributed by atoms with van der Waals surface area (Å²) in [6.45, 7) is 4.00. The quantitative estimate of drug-likeness (QED) is 0.726. The molecule has 0 heterocycles. The van der Waals surface area contributed by atoms with Gasteiger partial charge < -0.3 is 11.1 Å². The molecule has 3 nitrogen and oxygen atoms in total. The molecule has 1 saturated carbocycles. The van der Waals surface area contributed by atoms with Crippen molar-refractivity contribution in [3.8, 4) is 0 Å². The number of benzene rings is 1. The lowest BCUT2D eigenvalue weighted by Crippen LogP contribution is -2.15. The van der Waals surface area contributed by atoms with E-state index in [0.29, 0.717) is 5.69 Å². The number of rotatable bonds is 2. The lowest BCUT2D eigenvalue weighted by atomic mass is 10.1. The molecule has 80 valence electrons. The van der Waals surface area contributed by atoms with Gasteiger partial charge in [-0.15, -0.1) is 0 Å². The maximum Gasteiger partial charge on any atom is 0.227 e. The summed E-state index contributed by atoms with van der Waals surface area (Å²) in [7, 11) is 0. The second-order valence-electron chi connectivity index (χ2n) is 4.24. The van der Waals surface area contributed by atoms with E-state index in [-0.39, 0.29) is 11.8 Å². The topological polar surface area (TPSA) is 55.1 Å². The molecule has 1 aromatic carbocycles. The standard InChI is InChI=1S/C12H16N2O/c1-7-3-6-10(13)11(8(7)2)14-12(15)9-4-5-9/h3,6,9H,4-5,13H2,1-2H3,(H,14,15). The SMILES string of the molecule is Cc1ccc(N)c(NC(=O)C2CC2)c1C. The molecule has 0 aromatic heterocycles. The van der Waals surface area contributed by atoms with Gasteiger partial charge in [0.25, 0.3) is 0 Å². The van der Waals surface area contributed by atoms with Crippen molar-refractivity contribution in [2.24, 2.45) is 5.92 Å². The van der Waals surface area contributed by atoms with Crippen LogP contribution in [0.1, 0.15) is 24.0 Å². The van der Waals surface area contributed by atoms with E-state index in [1.165, 1.54) is 0 Å². The largest absolute Gasteiger partial charge is 0.397 e. The van der Waals surface area contributed by atoms with Gasteiger partial charge in [0.15, 0.2) is 0 Å². The predicted molar refractivity (Wildman–Crippen MR) is 61.7 cm³/mol. The van der Waals surface area contributed by atoms with Gasteiger partial charge in [0.2, 0.25) is 5.91 Å². The van der Waals surface area contributed by atoms with Crippen LogP contribution in [0.3, 0.4) is 0 Å². The van der Waals surface area contributed by atoms with Crippen LogP contribution in [0, 0.1) is 19.8 Å². The monoisotopic (exact) mass is 204 g/mol. The molecule has 3 N–H and O–H groups in total. The van der Waals surface area contributed by atoms with Crippen molar-refractivity contribution in [3.05, 3.63) is 23.3 Å². The summed E-state index contributed by atoms with van der Waals surface area (Å²) in [4.78, 5) is 11.6. The van der Waals surface area contributed by atoms with Crippen LogP contribution in [0.5, 0.6) is 0 Å². The van der Waals surface area contributed by atoms with Crippen molar-refractivity contribution in [2.45, 2.75) is 26.7 Å². The minimum absolute atomic E-state index is 0.107. The van der Waals surface area contributed by atoms with Crippen molar-refractivity contribution < 1.29 is 4.79 Å². The molecular weight excluding hydrogens is 188 g/mol. The average Bonchev–Trinajstić information content (AvgIpc) is 3.02. The maximum atomic E-state index is 11.6. The van der Waals surface area contributed by atoms with Gasteiger partial charge in [-0.25, -0.2) is 0 Å². The molecule has 1 aliphatic rings. The fourth-order valence-electron chi connectivity index (χ4n) is 1.57. The minimum Gasteiger partial charge on any atom is -0.397 e.